The van der Waals surface area contributed by atoms with Gasteiger partial charge in [0.25, 0.3) is 0 Å². The molecule has 21 heavy (non-hydrogen) atoms. The molecule has 114 valence electrons. The van der Waals surface area contributed by atoms with Gasteiger partial charge >= 0.3 is 0 Å². The molecule has 4 nitrogen and oxygen atoms in total. The van der Waals surface area contributed by atoms with Gasteiger partial charge in [-0.2, -0.15) is 0 Å². The lowest BCUT2D eigenvalue weighted by Crippen LogP contribution is -2.18. The van der Waals surface area contributed by atoms with E-state index in [4.69, 9.17) is 9.15 Å². The topological polar surface area (TPSA) is 47.3 Å². The molecule has 2 rings (SSSR count). The quantitative estimate of drug-likeness (QED) is 0.845. The van der Waals surface area contributed by atoms with Gasteiger partial charge in [-0.3, -0.25) is 4.98 Å². The summed E-state index contributed by atoms with van der Waals surface area (Å²) in [5, 5.41) is 3.39. The smallest absolute Gasteiger partial charge is 0.146 e. The highest BCUT2D eigenvalue weighted by atomic mass is 16.5. The van der Waals surface area contributed by atoms with Crippen molar-refractivity contribution >= 4 is 0 Å². The van der Waals surface area contributed by atoms with E-state index in [9.17, 15) is 0 Å². The van der Waals surface area contributed by atoms with Gasteiger partial charge < -0.3 is 14.5 Å². The second-order valence-corrected chi connectivity index (χ2v) is 5.77. The van der Waals surface area contributed by atoms with E-state index in [1.165, 1.54) is 0 Å². The molecule has 0 amide bonds. The van der Waals surface area contributed by atoms with Crippen LogP contribution in [0.25, 0.3) is 0 Å². The minimum Gasteiger partial charge on any atom is -0.484 e. The lowest BCUT2D eigenvalue weighted by molar-refractivity contribution is 0.264. The molecule has 0 unspecified atom stereocenters. The Morgan fingerprint density at radius 1 is 1.29 bits per heavy atom. The third-order valence-corrected chi connectivity index (χ3v) is 3.18. The van der Waals surface area contributed by atoms with Crippen LogP contribution >= 0.6 is 0 Å². The monoisotopic (exact) mass is 288 g/mol. The second-order valence-electron chi connectivity index (χ2n) is 5.77. The number of nitrogens with zero attached hydrogens (tertiary/aromatic N) is 1. The predicted octanol–water partition coefficient (Wildman–Crippen LogP) is 3.62. The van der Waals surface area contributed by atoms with Crippen molar-refractivity contribution in [2.24, 2.45) is 5.92 Å². The molecular formula is C17H24N2O2. The Bertz CT molecular complexity index is 559. The molecule has 0 saturated carbocycles. The first-order valence-corrected chi connectivity index (χ1v) is 7.39. The maximum atomic E-state index is 5.83. The average Bonchev–Trinajstić information content (AvgIpc) is 2.78. The highest BCUT2D eigenvalue weighted by Gasteiger charge is 2.08. The fraction of sp³-hybridized carbons (Fsp3) is 0.471. The number of ether oxygens (including phenoxy) is 1. The molecule has 0 aliphatic rings. The fourth-order valence-electron chi connectivity index (χ4n) is 2.01. The predicted molar refractivity (Wildman–Crippen MR) is 83.3 cm³/mol. The van der Waals surface area contributed by atoms with E-state index in [1.54, 1.807) is 6.20 Å². The molecule has 1 N–H and O–H groups in total. The molecule has 0 spiro atoms. The lowest BCUT2D eigenvalue weighted by Gasteiger charge is -2.06. The van der Waals surface area contributed by atoms with Crippen LogP contribution in [0, 0.1) is 19.8 Å². The molecular weight excluding hydrogens is 264 g/mol. The Morgan fingerprint density at radius 3 is 2.76 bits per heavy atom. The Labute approximate surface area is 126 Å². The molecule has 2 aromatic rings. The van der Waals surface area contributed by atoms with Crippen molar-refractivity contribution in [3.63, 3.8) is 0 Å². The summed E-state index contributed by atoms with van der Waals surface area (Å²) in [6.45, 7) is 10.6. The minimum absolute atomic E-state index is 0.426. The summed E-state index contributed by atoms with van der Waals surface area (Å²) in [6, 6.07) is 5.89. The SMILES string of the molecule is Cc1ccc(OCc2cc(C)c(CNCC(C)C)o2)cn1. The Kier molecular flexibility index (Phi) is 5.39. The van der Waals surface area contributed by atoms with Crippen molar-refractivity contribution in [1.82, 2.24) is 10.3 Å². The van der Waals surface area contributed by atoms with Crippen molar-refractivity contribution in [2.75, 3.05) is 6.54 Å². The zero-order valence-electron chi connectivity index (χ0n) is 13.3. The molecule has 0 fully saturated rings. The number of rotatable bonds is 7. The minimum atomic E-state index is 0.426. The van der Waals surface area contributed by atoms with E-state index in [0.29, 0.717) is 12.5 Å². The molecule has 0 atom stereocenters. The first-order valence-electron chi connectivity index (χ1n) is 7.39. The van der Waals surface area contributed by atoms with Gasteiger partial charge in [0, 0.05) is 5.69 Å². The summed E-state index contributed by atoms with van der Waals surface area (Å²) in [5.74, 6) is 3.22. The van der Waals surface area contributed by atoms with Crippen molar-refractivity contribution in [2.45, 2.75) is 40.8 Å². The van der Waals surface area contributed by atoms with Crippen LogP contribution in [-0.4, -0.2) is 11.5 Å². The summed E-state index contributed by atoms with van der Waals surface area (Å²) >= 11 is 0. The number of hydrogen-bond donors (Lipinski definition) is 1. The number of pyridine rings is 1. The van der Waals surface area contributed by atoms with Gasteiger partial charge in [-0.15, -0.1) is 0 Å². The molecule has 0 aromatic carbocycles. The van der Waals surface area contributed by atoms with Crippen LogP contribution in [0.2, 0.25) is 0 Å². The van der Waals surface area contributed by atoms with Gasteiger partial charge in [0.2, 0.25) is 0 Å². The molecule has 0 aliphatic carbocycles. The highest BCUT2D eigenvalue weighted by molar-refractivity contribution is 5.22. The van der Waals surface area contributed by atoms with Crippen LogP contribution in [0.3, 0.4) is 0 Å². The maximum absolute atomic E-state index is 5.83. The molecule has 0 saturated heterocycles. The van der Waals surface area contributed by atoms with Gasteiger partial charge in [-0.25, -0.2) is 0 Å². The molecule has 2 aromatic heterocycles. The molecule has 0 aliphatic heterocycles. The second kappa shape index (κ2) is 7.27. The van der Waals surface area contributed by atoms with E-state index in [2.05, 4.69) is 31.1 Å². The van der Waals surface area contributed by atoms with Crippen LogP contribution in [0.15, 0.2) is 28.8 Å². The molecule has 0 radical (unpaired) electrons. The largest absolute Gasteiger partial charge is 0.484 e. The fourth-order valence-corrected chi connectivity index (χ4v) is 2.01. The van der Waals surface area contributed by atoms with Crippen molar-refractivity contribution in [3.05, 3.63) is 47.2 Å². The number of furan rings is 1. The van der Waals surface area contributed by atoms with E-state index < -0.39 is 0 Å². The van der Waals surface area contributed by atoms with Gasteiger partial charge in [-0.05, 0) is 50.1 Å². The van der Waals surface area contributed by atoms with Gasteiger partial charge in [0.1, 0.15) is 23.9 Å². The van der Waals surface area contributed by atoms with Gasteiger partial charge in [-0.1, -0.05) is 13.8 Å². The molecule has 2 heterocycles. The van der Waals surface area contributed by atoms with E-state index in [0.717, 1.165) is 41.6 Å². The van der Waals surface area contributed by atoms with Crippen LogP contribution < -0.4 is 10.1 Å². The normalized spacial score (nSPS) is 11.1. The van der Waals surface area contributed by atoms with Crippen LogP contribution in [0.5, 0.6) is 5.75 Å². The Morgan fingerprint density at radius 2 is 2.10 bits per heavy atom. The molecule has 0 bridgehead atoms. The summed E-state index contributed by atoms with van der Waals surface area (Å²) < 4.78 is 11.5. The van der Waals surface area contributed by atoms with E-state index in [1.807, 2.05) is 25.1 Å². The number of aromatic nitrogens is 1. The zero-order valence-corrected chi connectivity index (χ0v) is 13.3. The third kappa shape index (κ3) is 4.90. The van der Waals surface area contributed by atoms with Crippen molar-refractivity contribution in [3.8, 4) is 5.75 Å². The van der Waals surface area contributed by atoms with Crippen LogP contribution in [0.1, 0.15) is 36.6 Å². The Hall–Kier alpha value is -1.81. The van der Waals surface area contributed by atoms with Crippen LogP contribution in [-0.2, 0) is 13.2 Å². The summed E-state index contributed by atoms with van der Waals surface area (Å²) in [4.78, 5) is 4.21. The standard InChI is InChI=1S/C17H24N2O2/c1-12(2)8-18-10-17-13(3)7-16(21-17)11-20-15-6-5-14(4)19-9-15/h5-7,9,12,18H,8,10-11H2,1-4H3. The lowest BCUT2D eigenvalue weighted by atomic mass is 10.2. The average molecular weight is 288 g/mol. The third-order valence-electron chi connectivity index (χ3n) is 3.18. The Balaban J connectivity index is 1.87. The van der Waals surface area contributed by atoms with Crippen LogP contribution in [0.4, 0.5) is 0 Å². The number of aryl methyl sites for hydroxylation is 2. The zero-order chi connectivity index (χ0) is 15.2. The van der Waals surface area contributed by atoms with E-state index >= 15 is 0 Å². The summed E-state index contributed by atoms with van der Waals surface area (Å²) in [5.41, 5.74) is 2.14. The number of hydrogen-bond acceptors (Lipinski definition) is 4. The summed E-state index contributed by atoms with van der Waals surface area (Å²) in [7, 11) is 0. The van der Waals surface area contributed by atoms with Crippen molar-refractivity contribution in [1.29, 1.82) is 0 Å². The first kappa shape index (κ1) is 15.6. The van der Waals surface area contributed by atoms with Crippen molar-refractivity contribution < 1.29 is 9.15 Å². The van der Waals surface area contributed by atoms with Gasteiger partial charge in [0.15, 0.2) is 0 Å². The molecule has 4 heteroatoms. The maximum Gasteiger partial charge on any atom is 0.146 e. The summed E-state index contributed by atoms with van der Waals surface area (Å²) in [6.07, 6.45) is 1.73. The number of nitrogens with one attached hydrogen (secondary N) is 1. The van der Waals surface area contributed by atoms with Gasteiger partial charge in [0.05, 0.1) is 12.7 Å². The highest BCUT2D eigenvalue weighted by Crippen LogP contribution is 2.17. The first-order chi connectivity index (χ1) is 10.0. The van der Waals surface area contributed by atoms with E-state index in [-0.39, 0.29) is 0 Å².